The molecular formula is C16H26. The molecule has 0 heterocycles. The van der Waals surface area contributed by atoms with E-state index in [1.54, 1.807) is 16.7 Å². The van der Waals surface area contributed by atoms with E-state index in [0.717, 1.165) is 12.8 Å². The highest BCUT2D eigenvalue weighted by Crippen LogP contribution is 2.32. The lowest BCUT2D eigenvalue weighted by atomic mass is 9.82. The molecule has 0 saturated heterocycles. The Morgan fingerprint density at radius 1 is 0.750 bits per heavy atom. The summed E-state index contributed by atoms with van der Waals surface area (Å²) in [6.45, 7) is 16.1. The molecule has 0 heteroatoms. The molecule has 0 spiro atoms. The van der Waals surface area contributed by atoms with Crippen LogP contribution in [0.3, 0.4) is 0 Å². The van der Waals surface area contributed by atoms with Gasteiger partial charge in [0.25, 0.3) is 0 Å². The van der Waals surface area contributed by atoms with Gasteiger partial charge in [0.05, 0.1) is 0 Å². The molecule has 0 aliphatic carbocycles. The predicted octanol–water partition coefficient (Wildman–Crippen LogP) is 4.86. The quantitative estimate of drug-likeness (QED) is 0.679. The maximum atomic E-state index is 2.31. The van der Waals surface area contributed by atoms with Crippen LogP contribution in [-0.2, 0) is 12.8 Å². The maximum Gasteiger partial charge on any atom is -0.0213 e. The molecule has 0 radical (unpaired) electrons. The molecule has 0 nitrogen and oxygen atoms in total. The Hall–Kier alpha value is -0.780. The highest BCUT2D eigenvalue weighted by atomic mass is 14.2. The van der Waals surface area contributed by atoms with Crippen molar-refractivity contribution in [2.45, 2.75) is 67.2 Å². The van der Waals surface area contributed by atoms with Gasteiger partial charge in [-0.05, 0) is 72.9 Å². The van der Waals surface area contributed by atoms with E-state index in [0.29, 0.717) is 5.92 Å². The first-order valence-corrected chi connectivity index (χ1v) is 6.56. The first-order valence-electron chi connectivity index (χ1n) is 6.56. The van der Waals surface area contributed by atoms with Crippen LogP contribution in [0, 0.1) is 20.8 Å². The van der Waals surface area contributed by atoms with E-state index in [1.807, 2.05) is 0 Å². The minimum Gasteiger partial charge on any atom is -0.0613 e. The number of rotatable bonds is 3. The van der Waals surface area contributed by atoms with Crippen molar-refractivity contribution < 1.29 is 0 Å². The van der Waals surface area contributed by atoms with Crippen molar-refractivity contribution in [3.63, 3.8) is 0 Å². The van der Waals surface area contributed by atoms with E-state index < -0.39 is 0 Å². The molecule has 0 aliphatic rings. The summed E-state index contributed by atoms with van der Waals surface area (Å²) >= 11 is 0. The zero-order valence-corrected chi connectivity index (χ0v) is 12.0. The molecular weight excluding hydrogens is 192 g/mol. The van der Waals surface area contributed by atoms with Crippen LogP contribution in [0.5, 0.6) is 0 Å². The monoisotopic (exact) mass is 218 g/mol. The zero-order valence-electron chi connectivity index (χ0n) is 12.0. The number of hydrogen-bond acceptors (Lipinski definition) is 0. The fourth-order valence-corrected chi connectivity index (χ4v) is 3.09. The van der Waals surface area contributed by atoms with Crippen LogP contribution in [0.15, 0.2) is 0 Å². The van der Waals surface area contributed by atoms with Crippen LogP contribution in [0.25, 0.3) is 0 Å². The molecule has 0 unspecified atom stereocenters. The fourth-order valence-electron chi connectivity index (χ4n) is 3.09. The van der Waals surface area contributed by atoms with Crippen LogP contribution in [0.4, 0.5) is 0 Å². The lowest BCUT2D eigenvalue weighted by molar-refractivity contribution is 0.820. The van der Waals surface area contributed by atoms with Gasteiger partial charge in [-0.2, -0.15) is 0 Å². The summed E-state index contributed by atoms with van der Waals surface area (Å²) in [5.74, 6) is 0.637. The summed E-state index contributed by atoms with van der Waals surface area (Å²) < 4.78 is 0. The molecule has 0 atom stereocenters. The minimum absolute atomic E-state index is 0.637. The Labute approximate surface area is 101 Å². The third kappa shape index (κ3) is 2.03. The summed E-state index contributed by atoms with van der Waals surface area (Å²) in [5, 5.41) is 0. The third-order valence-electron chi connectivity index (χ3n) is 3.93. The third-order valence-corrected chi connectivity index (χ3v) is 3.93. The Morgan fingerprint density at radius 3 is 1.62 bits per heavy atom. The van der Waals surface area contributed by atoms with Gasteiger partial charge in [-0.3, -0.25) is 0 Å². The smallest absolute Gasteiger partial charge is 0.0213 e. The zero-order chi connectivity index (χ0) is 12.5. The van der Waals surface area contributed by atoms with Crippen molar-refractivity contribution in [1.82, 2.24) is 0 Å². The van der Waals surface area contributed by atoms with Crippen LogP contribution in [0.2, 0.25) is 0 Å². The Morgan fingerprint density at radius 2 is 1.25 bits per heavy atom. The molecule has 1 aromatic rings. The molecule has 1 aromatic carbocycles. The predicted molar refractivity (Wildman–Crippen MR) is 73.5 cm³/mol. The topological polar surface area (TPSA) is 0 Å². The average molecular weight is 218 g/mol. The van der Waals surface area contributed by atoms with Gasteiger partial charge in [-0.15, -0.1) is 0 Å². The normalized spacial score (nSPS) is 11.2. The van der Waals surface area contributed by atoms with Gasteiger partial charge in [-0.1, -0.05) is 27.7 Å². The Bertz CT molecular complexity index is 384. The standard InChI is InChI=1S/C16H26/c1-8-14-11(5)12(6)16(10(3)4)15(9-2)13(14)7/h10H,8-9H2,1-7H3. The van der Waals surface area contributed by atoms with Gasteiger partial charge in [-0.25, -0.2) is 0 Å². The van der Waals surface area contributed by atoms with Crippen molar-refractivity contribution in [2.75, 3.05) is 0 Å². The van der Waals surface area contributed by atoms with Crippen molar-refractivity contribution in [1.29, 1.82) is 0 Å². The van der Waals surface area contributed by atoms with Crippen LogP contribution in [0.1, 0.15) is 67.0 Å². The van der Waals surface area contributed by atoms with Gasteiger partial charge < -0.3 is 0 Å². The minimum atomic E-state index is 0.637. The van der Waals surface area contributed by atoms with Crippen molar-refractivity contribution in [3.05, 3.63) is 33.4 Å². The van der Waals surface area contributed by atoms with Crippen LogP contribution < -0.4 is 0 Å². The molecule has 0 aliphatic heterocycles. The van der Waals surface area contributed by atoms with E-state index in [-0.39, 0.29) is 0 Å². The average Bonchev–Trinajstić information content (AvgIpc) is 2.23. The summed E-state index contributed by atoms with van der Waals surface area (Å²) in [4.78, 5) is 0. The molecule has 0 N–H and O–H groups in total. The molecule has 0 aromatic heterocycles. The van der Waals surface area contributed by atoms with Crippen LogP contribution >= 0.6 is 0 Å². The second kappa shape index (κ2) is 5.03. The SMILES string of the molecule is CCc1c(C)c(C)c(C(C)C)c(CC)c1C. The molecule has 0 fully saturated rings. The summed E-state index contributed by atoms with van der Waals surface area (Å²) in [7, 11) is 0. The molecule has 90 valence electrons. The van der Waals surface area contributed by atoms with Crippen molar-refractivity contribution in [2.24, 2.45) is 0 Å². The Kier molecular flexibility index (Phi) is 4.18. The molecule has 0 amide bonds. The fraction of sp³-hybridized carbons (Fsp3) is 0.625. The first-order chi connectivity index (χ1) is 7.45. The van der Waals surface area contributed by atoms with Crippen molar-refractivity contribution in [3.8, 4) is 0 Å². The van der Waals surface area contributed by atoms with Gasteiger partial charge in [0.15, 0.2) is 0 Å². The van der Waals surface area contributed by atoms with Gasteiger partial charge >= 0.3 is 0 Å². The summed E-state index contributed by atoms with van der Waals surface area (Å²) in [6, 6.07) is 0. The van der Waals surface area contributed by atoms with E-state index in [9.17, 15) is 0 Å². The molecule has 0 saturated carbocycles. The van der Waals surface area contributed by atoms with E-state index >= 15 is 0 Å². The lowest BCUT2D eigenvalue weighted by Gasteiger charge is -2.23. The van der Waals surface area contributed by atoms with Crippen LogP contribution in [-0.4, -0.2) is 0 Å². The van der Waals surface area contributed by atoms with Gasteiger partial charge in [0.2, 0.25) is 0 Å². The second-order valence-corrected chi connectivity index (χ2v) is 5.11. The van der Waals surface area contributed by atoms with Gasteiger partial charge in [0, 0.05) is 0 Å². The van der Waals surface area contributed by atoms with E-state index in [1.165, 1.54) is 16.7 Å². The highest BCUT2D eigenvalue weighted by Gasteiger charge is 2.16. The largest absolute Gasteiger partial charge is 0.0613 e. The molecule has 16 heavy (non-hydrogen) atoms. The van der Waals surface area contributed by atoms with E-state index in [4.69, 9.17) is 0 Å². The first kappa shape index (κ1) is 13.3. The highest BCUT2D eigenvalue weighted by molar-refractivity contribution is 5.51. The molecule has 1 rings (SSSR count). The second-order valence-electron chi connectivity index (χ2n) is 5.11. The van der Waals surface area contributed by atoms with Crippen molar-refractivity contribution >= 4 is 0 Å². The maximum absolute atomic E-state index is 2.31. The number of hydrogen-bond donors (Lipinski definition) is 0. The molecule has 0 bridgehead atoms. The Balaban J connectivity index is 3.63. The number of benzene rings is 1. The van der Waals surface area contributed by atoms with Gasteiger partial charge in [0.1, 0.15) is 0 Å². The lowest BCUT2D eigenvalue weighted by Crippen LogP contribution is -2.08. The van der Waals surface area contributed by atoms with E-state index in [2.05, 4.69) is 48.5 Å². The summed E-state index contributed by atoms with van der Waals surface area (Å²) in [5.41, 5.74) is 9.33. The summed E-state index contributed by atoms with van der Waals surface area (Å²) in [6.07, 6.45) is 2.32.